The molecule has 5 atom stereocenters. The SMILES string of the molecule is C=C[C@@H]1[C@H](OC(C)=O)[C@@H](OCc2ccccc2)[C@H](OC(C)=O)[C@@H](COCc2ccccc2)N1C(=O)OCC(Cl)(Cl)Cl. The number of nitrogens with zero attached hydrogens (tertiary/aromatic N) is 1. The zero-order valence-electron chi connectivity index (χ0n) is 22.6. The van der Waals surface area contributed by atoms with Crippen molar-refractivity contribution in [2.24, 2.45) is 0 Å². The second-order valence-corrected chi connectivity index (χ2v) is 11.8. The van der Waals surface area contributed by atoms with Gasteiger partial charge in [-0.15, -0.1) is 6.58 Å². The van der Waals surface area contributed by atoms with E-state index in [2.05, 4.69) is 6.58 Å². The highest BCUT2D eigenvalue weighted by molar-refractivity contribution is 6.67. The first-order valence-corrected chi connectivity index (χ1v) is 13.9. The molecule has 12 heteroatoms. The molecule has 3 rings (SSSR count). The molecule has 0 N–H and O–H groups in total. The molecule has 1 fully saturated rings. The number of alkyl halides is 3. The highest BCUT2D eigenvalue weighted by Crippen LogP contribution is 2.34. The number of amides is 1. The molecule has 1 aliphatic rings. The third-order valence-corrected chi connectivity index (χ3v) is 6.47. The lowest BCUT2D eigenvalue weighted by molar-refractivity contribution is -0.212. The van der Waals surface area contributed by atoms with E-state index in [0.29, 0.717) is 0 Å². The van der Waals surface area contributed by atoms with Crippen molar-refractivity contribution in [3.05, 3.63) is 84.4 Å². The maximum Gasteiger partial charge on any atom is 0.411 e. The minimum absolute atomic E-state index is 0.0974. The predicted molar refractivity (Wildman–Crippen MR) is 153 cm³/mol. The second kappa shape index (κ2) is 15.4. The smallest absolute Gasteiger partial charge is 0.411 e. The van der Waals surface area contributed by atoms with Crippen LogP contribution in [0, 0.1) is 0 Å². The van der Waals surface area contributed by atoms with Crippen LogP contribution < -0.4 is 0 Å². The Kier molecular flexibility index (Phi) is 12.3. The Bertz CT molecular complexity index is 1160. The number of ether oxygens (including phenoxy) is 5. The molecule has 2 aromatic rings. The Hall–Kier alpha value is -2.82. The maximum absolute atomic E-state index is 13.5. The molecule has 9 nitrogen and oxygen atoms in total. The van der Waals surface area contributed by atoms with Gasteiger partial charge in [0.15, 0.2) is 12.2 Å². The summed E-state index contributed by atoms with van der Waals surface area (Å²) >= 11 is 17.5. The molecule has 222 valence electrons. The second-order valence-electron chi connectivity index (χ2n) is 9.28. The van der Waals surface area contributed by atoms with Gasteiger partial charge in [-0.25, -0.2) is 4.79 Å². The molecule has 0 unspecified atom stereocenters. The minimum atomic E-state index is -1.89. The summed E-state index contributed by atoms with van der Waals surface area (Å²) in [5.41, 5.74) is 1.71. The summed E-state index contributed by atoms with van der Waals surface area (Å²) in [5.74, 6) is -1.30. The van der Waals surface area contributed by atoms with Crippen molar-refractivity contribution in [3.63, 3.8) is 0 Å². The average molecular weight is 629 g/mol. The van der Waals surface area contributed by atoms with E-state index in [1.165, 1.54) is 24.8 Å². The van der Waals surface area contributed by atoms with Gasteiger partial charge in [0.25, 0.3) is 0 Å². The molecule has 1 amide bonds. The Morgan fingerprint density at radius 3 is 1.90 bits per heavy atom. The fourth-order valence-corrected chi connectivity index (χ4v) is 4.69. The van der Waals surface area contributed by atoms with Gasteiger partial charge in [0.05, 0.1) is 31.9 Å². The predicted octanol–water partition coefficient (Wildman–Crippen LogP) is 5.40. The largest absolute Gasteiger partial charge is 0.457 e. The number of likely N-dealkylation sites (tertiary alicyclic amines) is 1. The van der Waals surface area contributed by atoms with Crippen LogP contribution in [0.2, 0.25) is 0 Å². The summed E-state index contributed by atoms with van der Waals surface area (Å²) in [6.07, 6.45) is -2.81. The van der Waals surface area contributed by atoms with Crippen LogP contribution in [0.4, 0.5) is 4.79 Å². The lowest BCUT2D eigenvalue weighted by atomic mass is 9.87. The minimum Gasteiger partial charge on any atom is -0.457 e. The Balaban J connectivity index is 2.02. The molecule has 1 aliphatic heterocycles. The fraction of sp³-hybridized carbons (Fsp3) is 0.414. The van der Waals surface area contributed by atoms with Crippen molar-refractivity contribution in [2.45, 2.75) is 61.2 Å². The van der Waals surface area contributed by atoms with E-state index in [0.717, 1.165) is 11.1 Å². The average Bonchev–Trinajstić information content (AvgIpc) is 2.92. The third-order valence-electron chi connectivity index (χ3n) is 6.14. The maximum atomic E-state index is 13.5. The molecule has 0 spiro atoms. The Morgan fingerprint density at radius 1 is 0.854 bits per heavy atom. The fourth-order valence-electron chi connectivity index (χ4n) is 4.53. The lowest BCUT2D eigenvalue weighted by Gasteiger charge is -2.50. The lowest BCUT2D eigenvalue weighted by Crippen LogP contribution is -2.70. The van der Waals surface area contributed by atoms with Crippen molar-refractivity contribution in [2.75, 3.05) is 13.2 Å². The van der Waals surface area contributed by atoms with Crippen molar-refractivity contribution < 1.29 is 38.1 Å². The van der Waals surface area contributed by atoms with Gasteiger partial charge in [-0.3, -0.25) is 14.5 Å². The van der Waals surface area contributed by atoms with E-state index in [-0.39, 0.29) is 19.8 Å². The molecule has 41 heavy (non-hydrogen) atoms. The van der Waals surface area contributed by atoms with E-state index in [4.69, 9.17) is 58.5 Å². The van der Waals surface area contributed by atoms with Gasteiger partial charge in [0.2, 0.25) is 3.79 Å². The highest BCUT2D eigenvalue weighted by Gasteiger charge is 2.55. The van der Waals surface area contributed by atoms with Gasteiger partial charge >= 0.3 is 18.0 Å². The van der Waals surface area contributed by atoms with Crippen LogP contribution in [-0.4, -0.2) is 70.3 Å². The van der Waals surface area contributed by atoms with Crippen LogP contribution in [0.5, 0.6) is 0 Å². The van der Waals surface area contributed by atoms with E-state index >= 15 is 0 Å². The molecule has 0 saturated carbocycles. The summed E-state index contributed by atoms with van der Waals surface area (Å²) in [7, 11) is 0. The number of benzene rings is 2. The van der Waals surface area contributed by atoms with Crippen LogP contribution in [0.1, 0.15) is 25.0 Å². The molecule has 0 aliphatic carbocycles. The van der Waals surface area contributed by atoms with Gasteiger partial charge in [0, 0.05) is 13.8 Å². The Morgan fingerprint density at radius 2 is 1.39 bits per heavy atom. The monoisotopic (exact) mass is 627 g/mol. The zero-order valence-corrected chi connectivity index (χ0v) is 24.9. The Labute approximate surface area is 254 Å². The number of hydrogen-bond acceptors (Lipinski definition) is 8. The van der Waals surface area contributed by atoms with Gasteiger partial charge in [0.1, 0.15) is 12.7 Å². The topological polar surface area (TPSA) is 101 Å². The standard InChI is InChI=1S/C29H32Cl3NO8/c1-4-23-25(40-19(2)34)27(38-16-22-13-9-6-10-14-22)26(41-20(3)35)24(17-37-15-21-11-7-5-8-12-21)33(23)28(36)39-18-29(30,31)32/h4-14,23-27H,1,15-18H2,2-3H3/t23-,24-,25+,26-,27-/m1/s1. The summed E-state index contributed by atoms with van der Waals surface area (Å²) < 4.78 is 27.1. The van der Waals surface area contributed by atoms with Crippen molar-refractivity contribution in [1.82, 2.24) is 4.90 Å². The van der Waals surface area contributed by atoms with E-state index in [9.17, 15) is 14.4 Å². The summed E-state index contributed by atoms with van der Waals surface area (Å²) in [4.78, 5) is 39.3. The highest BCUT2D eigenvalue weighted by atomic mass is 35.6. The first-order chi connectivity index (χ1) is 19.5. The van der Waals surface area contributed by atoms with Crippen molar-refractivity contribution in [3.8, 4) is 0 Å². The van der Waals surface area contributed by atoms with E-state index in [1.807, 2.05) is 60.7 Å². The number of carbonyl (C=O) groups excluding carboxylic acids is 3. The first kappa shape index (κ1) is 32.7. The number of halogens is 3. The van der Waals surface area contributed by atoms with Crippen molar-refractivity contribution >= 4 is 52.8 Å². The molecule has 2 aromatic carbocycles. The van der Waals surface area contributed by atoms with E-state index in [1.54, 1.807) is 0 Å². The number of rotatable bonds is 11. The van der Waals surface area contributed by atoms with E-state index < -0.39 is 58.8 Å². The van der Waals surface area contributed by atoms with Gasteiger partial charge in [-0.05, 0) is 11.1 Å². The van der Waals surface area contributed by atoms with Crippen LogP contribution in [-0.2, 0) is 46.5 Å². The molecule has 1 heterocycles. The van der Waals surface area contributed by atoms with Crippen LogP contribution in [0.25, 0.3) is 0 Å². The van der Waals surface area contributed by atoms with Crippen molar-refractivity contribution in [1.29, 1.82) is 0 Å². The quantitative estimate of drug-likeness (QED) is 0.141. The molecular formula is C29H32Cl3NO8. The van der Waals surface area contributed by atoms with Crippen LogP contribution in [0.3, 0.4) is 0 Å². The summed E-state index contributed by atoms with van der Waals surface area (Å²) in [6.45, 7) is 5.91. The molecular weight excluding hydrogens is 597 g/mol. The van der Waals surface area contributed by atoms with Gasteiger partial charge in [-0.2, -0.15) is 0 Å². The van der Waals surface area contributed by atoms with Crippen LogP contribution >= 0.6 is 34.8 Å². The molecule has 0 aromatic heterocycles. The number of esters is 2. The number of hydrogen-bond donors (Lipinski definition) is 0. The van der Waals surface area contributed by atoms with Crippen LogP contribution in [0.15, 0.2) is 73.3 Å². The molecule has 0 bridgehead atoms. The molecule has 1 saturated heterocycles. The molecule has 0 radical (unpaired) electrons. The third kappa shape index (κ3) is 9.90. The number of piperidine rings is 1. The van der Waals surface area contributed by atoms with Gasteiger partial charge < -0.3 is 23.7 Å². The summed E-state index contributed by atoms with van der Waals surface area (Å²) in [5, 5.41) is 0. The normalized spacial score (nSPS) is 22.5. The zero-order chi connectivity index (χ0) is 30.0. The number of carbonyl (C=O) groups is 3. The summed E-state index contributed by atoms with van der Waals surface area (Å²) in [6, 6.07) is 16.7. The first-order valence-electron chi connectivity index (χ1n) is 12.8. The van der Waals surface area contributed by atoms with Gasteiger partial charge in [-0.1, -0.05) is 102 Å².